The summed E-state index contributed by atoms with van der Waals surface area (Å²) in [5, 5.41) is 4.62. The quantitative estimate of drug-likeness (QED) is 0.615. The number of methoxy groups -OCH3 is 1. The smallest absolute Gasteiger partial charge is 0.409 e. The van der Waals surface area contributed by atoms with E-state index in [1.165, 1.54) is 43.5 Å². The molecule has 0 saturated carbocycles. The number of carbonyl (C=O) groups is 4. The third kappa shape index (κ3) is 5.82. The van der Waals surface area contributed by atoms with Crippen molar-refractivity contribution in [3.63, 3.8) is 0 Å². The van der Waals surface area contributed by atoms with Gasteiger partial charge in [-0.15, -0.1) is 0 Å². The van der Waals surface area contributed by atoms with Crippen molar-refractivity contribution in [2.24, 2.45) is 0 Å². The van der Waals surface area contributed by atoms with Gasteiger partial charge in [0.15, 0.2) is 6.61 Å². The summed E-state index contributed by atoms with van der Waals surface area (Å²) >= 11 is 0. The lowest BCUT2D eigenvalue weighted by atomic mass is 10.1. The summed E-state index contributed by atoms with van der Waals surface area (Å²) in [5.41, 5.74) is 0.0436. The average molecular weight is 479 g/mol. The van der Waals surface area contributed by atoms with Crippen LogP contribution in [0.1, 0.15) is 16.8 Å². The van der Waals surface area contributed by atoms with Crippen LogP contribution >= 0.6 is 0 Å². The van der Waals surface area contributed by atoms with Gasteiger partial charge >= 0.3 is 12.1 Å². The van der Waals surface area contributed by atoms with Crippen LogP contribution in [0.25, 0.3) is 0 Å². The molecule has 3 amide bonds. The van der Waals surface area contributed by atoms with Gasteiger partial charge < -0.3 is 20.1 Å². The molecule has 1 aliphatic heterocycles. The van der Waals surface area contributed by atoms with Crippen molar-refractivity contribution in [2.75, 3.05) is 30.5 Å². The number of carbonyl (C=O) groups excluding carboxylic acids is 4. The molecule has 0 saturated heterocycles. The largest absolute Gasteiger partial charge is 0.497 e. The van der Waals surface area contributed by atoms with E-state index < -0.39 is 55.5 Å². The van der Waals surface area contributed by atoms with Crippen molar-refractivity contribution in [3.8, 4) is 5.75 Å². The van der Waals surface area contributed by atoms with E-state index in [1.807, 2.05) is 0 Å². The molecule has 2 N–H and O–H groups in total. The maximum atomic E-state index is 13.7. The molecule has 2 aromatic carbocycles. The lowest BCUT2D eigenvalue weighted by Crippen LogP contribution is -2.51. The molecule has 9 nitrogen and oxygen atoms in total. The highest BCUT2D eigenvalue weighted by molar-refractivity contribution is 6.05. The van der Waals surface area contributed by atoms with Crippen LogP contribution < -0.4 is 20.3 Å². The second-order valence-corrected chi connectivity index (χ2v) is 7.17. The predicted octanol–water partition coefficient (Wildman–Crippen LogP) is 2.27. The van der Waals surface area contributed by atoms with Gasteiger partial charge in [-0.05, 0) is 30.3 Å². The Labute approximate surface area is 191 Å². The molecular formula is C22H20F3N3O6. The molecule has 0 bridgehead atoms. The second-order valence-electron chi connectivity index (χ2n) is 7.17. The number of halogens is 3. The topological polar surface area (TPSA) is 114 Å². The van der Waals surface area contributed by atoms with Crippen LogP contribution in [0.15, 0.2) is 48.5 Å². The van der Waals surface area contributed by atoms with E-state index in [0.29, 0.717) is 10.6 Å². The standard InChI is InChI=1S/C22H20F3N3O6/c1-33-14-6-4-5-13(9-14)21(32)26-11-20(31)34-12-19(30)28-16-8-3-2-7-15(16)27-18(29)10-17(28)22(23,24)25/h2-9,17H,10-12H2,1H3,(H,26,32)(H,27,29). The Bertz CT molecular complexity index is 1110. The number of nitrogens with one attached hydrogen (secondary N) is 2. The molecule has 1 unspecified atom stereocenters. The third-order valence-electron chi connectivity index (χ3n) is 4.86. The number of hydrogen-bond acceptors (Lipinski definition) is 6. The van der Waals surface area contributed by atoms with Crippen molar-refractivity contribution >= 4 is 35.1 Å². The first-order valence-electron chi connectivity index (χ1n) is 9.95. The lowest BCUT2D eigenvalue weighted by Gasteiger charge is -2.31. The third-order valence-corrected chi connectivity index (χ3v) is 4.86. The Hall–Kier alpha value is -4.09. The number of hydrogen-bond donors (Lipinski definition) is 2. The van der Waals surface area contributed by atoms with E-state index in [0.717, 1.165) is 0 Å². The maximum absolute atomic E-state index is 13.7. The predicted molar refractivity (Wildman–Crippen MR) is 113 cm³/mol. The van der Waals surface area contributed by atoms with Crippen LogP contribution in [0.2, 0.25) is 0 Å². The summed E-state index contributed by atoms with van der Waals surface area (Å²) in [6.07, 6.45) is -5.94. The first-order valence-corrected chi connectivity index (χ1v) is 9.95. The second kappa shape index (κ2) is 10.2. The molecular weight excluding hydrogens is 459 g/mol. The SMILES string of the molecule is COc1cccc(C(=O)NCC(=O)OCC(=O)N2c3ccccc3NC(=O)CC2C(F)(F)F)c1. The van der Waals surface area contributed by atoms with Gasteiger partial charge in [-0.3, -0.25) is 24.1 Å². The van der Waals surface area contributed by atoms with Crippen molar-refractivity contribution < 1.29 is 41.8 Å². The molecule has 0 fully saturated rings. The Balaban J connectivity index is 1.66. The highest BCUT2D eigenvalue weighted by Crippen LogP contribution is 2.37. The lowest BCUT2D eigenvalue weighted by molar-refractivity contribution is -0.160. The van der Waals surface area contributed by atoms with E-state index in [2.05, 4.69) is 10.6 Å². The van der Waals surface area contributed by atoms with Gasteiger partial charge in [0.1, 0.15) is 18.3 Å². The van der Waals surface area contributed by atoms with Gasteiger partial charge in [0.05, 0.1) is 24.9 Å². The van der Waals surface area contributed by atoms with E-state index in [1.54, 1.807) is 12.1 Å². The number of esters is 1. The molecule has 1 aliphatic rings. The number of alkyl halides is 3. The fraction of sp³-hybridized carbons (Fsp3) is 0.273. The van der Waals surface area contributed by atoms with Crippen LogP contribution in [0.4, 0.5) is 24.5 Å². The zero-order valence-electron chi connectivity index (χ0n) is 17.8. The van der Waals surface area contributed by atoms with Gasteiger partial charge in [-0.25, -0.2) is 0 Å². The zero-order valence-corrected chi connectivity index (χ0v) is 17.8. The average Bonchev–Trinajstić information content (AvgIpc) is 2.96. The first kappa shape index (κ1) is 24.6. The summed E-state index contributed by atoms with van der Waals surface area (Å²) in [4.78, 5) is 49.2. The van der Waals surface area contributed by atoms with Gasteiger partial charge in [0.25, 0.3) is 11.8 Å². The fourth-order valence-electron chi connectivity index (χ4n) is 3.28. The number of benzene rings is 2. The number of ether oxygens (including phenoxy) is 2. The molecule has 12 heteroatoms. The van der Waals surface area contributed by atoms with Crippen LogP contribution in [0.3, 0.4) is 0 Å². The maximum Gasteiger partial charge on any atom is 0.409 e. The molecule has 1 heterocycles. The molecule has 1 atom stereocenters. The van der Waals surface area contributed by atoms with Crippen molar-refractivity contribution in [1.82, 2.24) is 5.32 Å². The number of para-hydroxylation sites is 2. The van der Waals surface area contributed by atoms with E-state index in [9.17, 15) is 32.3 Å². The monoisotopic (exact) mass is 479 g/mol. The summed E-state index contributed by atoms with van der Waals surface area (Å²) in [7, 11) is 1.42. The molecule has 2 aromatic rings. The van der Waals surface area contributed by atoms with Gasteiger partial charge in [-0.2, -0.15) is 13.2 Å². The Morgan fingerprint density at radius 1 is 1.15 bits per heavy atom. The van der Waals surface area contributed by atoms with E-state index >= 15 is 0 Å². The number of nitrogens with zero attached hydrogens (tertiary/aromatic N) is 1. The number of amides is 3. The Morgan fingerprint density at radius 3 is 2.59 bits per heavy atom. The van der Waals surface area contributed by atoms with E-state index in [4.69, 9.17) is 9.47 Å². The molecule has 180 valence electrons. The minimum absolute atomic E-state index is 0.0180. The van der Waals surface area contributed by atoms with Crippen LogP contribution in [0, 0.1) is 0 Å². The summed E-state index contributed by atoms with van der Waals surface area (Å²) in [6.45, 7) is -1.65. The van der Waals surface area contributed by atoms with Crippen LogP contribution in [-0.2, 0) is 19.1 Å². The molecule has 3 rings (SSSR count). The van der Waals surface area contributed by atoms with Gasteiger partial charge in [-0.1, -0.05) is 18.2 Å². The normalized spacial score (nSPS) is 15.5. The van der Waals surface area contributed by atoms with Crippen molar-refractivity contribution in [2.45, 2.75) is 18.6 Å². The van der Waals surface area contributed by atoms with Gasteiger partial charge in [0.2, 0.25) is 5.91 Å². The van der Waals surface area contributed by atoms with Gasteiger partial charge in [0, 0.05) is 5.56 Å². The first-order chi connectivity index (χ1) is 16.1. The number of rotatable bonds is 6. The highest BCUT2D eigenvalue weighted by Gasteiger charge is 2.49. The minimum Gasteiger partial charge on any atom is -0.497 e. The molecule has 0 spiro atoms. The molecule has 0 radical (unpaired) electrons. The fourth-order valence-corrected chi connectivity index (χ4v) is 3.28. The molecule has 34 heavy (non-hydrogen) atoms. The molecule has 0 aromatic heterocycles. The van der Waals surface area contributed by atoms with Crippen LogP contribution in [0.5, 0.6) is 5.75 Å². The van der Waals surface area contributed by atoms with Crippen molar-refractivity contribution in [3.05, 3.63) is 54.1 Å². The van der Waals surface area contributed by atoms with Crippen LogP contribution in [-0.4, -0.2) is 56.2 Å². The summed E-state index contributed by atoms with van der Waals surface area (Å²) < 4.78 is 50.9. The zero-order chi connectivity index (χ0) is 24.9. The highest BCUT2D eigenvalue weighted by atomic mass is 19.4. The van der Waals surface area contributed by atoms with E-state index in [-0.39, 0.29) is 16.9 Å². The Morgan fingerprint density at radius 2 is 1.88 bits per heavy atom. The number of fused-ring (bicyclic) bond motifs is 1. The number of anilines is 2. The van der Waals surface area contributed by atoms with Crippen molar-refractivity contribution in [1.29, 1.82) is 0 Å². The summed E-state index contributed by atoms with van der Waals surface area (Å²) in [5.74, 6) is -3.33. The summed E-state index contributed by atoms with van der Waals surface area (Å²) in [6, 6.07) is 9.15. The Kier molecular flexibility index (Phi) is 7.39. The minimum atomic E-state index is -4.92. The molecule has 0 aliphatic carbocycles.